The van der Waals surface area contributed by atoms with Gasteiger partial charge in [-0.1, -0.05) is 17.7 Å². The average Bonchev–Trinajstić information content (AvgIpc) is 3.33. The minimum Gasteiger partial charge on any atom is -0.314 e. The summed E-state index contributed by atoms with van der Waals surface area (Å²) in [6, 6.07) is 4.39. The molecule has 1 aliphatic carbocycles. The third kappa shape index (κ3) is 4.55. The molecule has 9 heteroatoms. The van der Waals surface area contributed by atoms with Gasteiger partial charge >= 0.3 is 0 Å². The van der Waals surface area contributed by atoms with Crippen LogP contribution in [0.2, 0.25) is 0 Å². The molecule has 4 rings (SSSR count). The van der Waals surface area contributed by atoms with Gasteiger partial charge in [0, 0.05) is 19.0 Å². The SMILES string of the molecule is CN1CCCC1C1CCN(C2CC(F)C(SNc3cccc(F)n3)C(F)=C2Cl)C1. The molecule has 2 aliphatic heterocycles. The zero-order valence-corrected chi connectivity index (χ0v) is 17.9. The number of nitrogens with zero attached hydrogens (tertiary/aromatic N) is 3. The molecular formula is C20H26ClF3N4S. The van der Waals surface area contributed by atoms with Crippen molar-refractivity contribution in [2.45, 2.75) is 49.2 Å². The molecule has 0 aromatic carbocycles. The number of pyridine rings is 1. The van der Waals surface area contributed by atoms with Gasteiger partial charge in [-0.25, -0.2) is 13.8 Å². The molecule has 2 saturated heterocycles. The van der Waals surface area contributed by atoms with Crippen LogP contribution in [0.15, 0.2) is 29.1 Å². The fraction of sp³-hybridized carbons (Fsp3) is 0.650. The highest BCUT2D eigenvalue weighted by atomic mass is 35.5. The van der Waals surface area contributed by atoms with E-state index in [4.69, 9.17) is 11.6 Å². The smallest absolute Gasteiger partial charge is 0.214 e. The average molecular weight is 447 g/mol. The number of hydrogen-bond acceptors (Lipinski definition) is 5. The quantitative estimate of drug-likeness (QED) is 0.528. The summed E-state index contributed by atoms with van der Waals surface area (Å²) >= 11 is 7.23. The van der Waals surface area contributed by atoms with Crippen molar-refractivity contribution in [2.75, 3.05) is 31.4 Å². The lowest BCUT2D eigenvalue weighted by Crippen LogP contribution is -2.43. The lowest BCUT2D eigenvalue weighted by molar-refractivity contribution is 0.169. The maximum Gasteiger partial charge on any atom is 0.214 e. The normalized spacial score (nSPS) is 34.2. The molecule has 1 N–H and O–H groups in total. The monoisotopic (exact) mass is 446 g/mol. The number of rotatable bonds is 5. The van der Waals surface area contributed by atoms with Crippen molar-refractivity contribution in [1.82, 2.24) is 14.8 Å². The van der Waals surface area contributed by atoms with Gasteiger partial charge in [-0.3, -0.25) is 4.90 Å². The first-order chi connectivity index (χ1) is 13.9. The zero-order chi connectivity index (χ0) is 20.5. The standard InChI is InChI=1S/C20H26ClF3N4S/c1-27-8-3-4-14(27)12-7-9-28(11-12)15-10-13(22)20(19(24)18(15)21)29-26-17-6-2-5-16(23)25-17/h2,5-6,12-15,20H,3-4,7-11H2,1H3,(H,25,26). The number of nitrogens with one attached hydrogen (secondary N) is 1. The Kier molecular flexibility index (Phi) is 6.63. The highest BCUT2D eigenvalue weighted by Crippen LogP contribution is 2.42. The summed E-state index contributed by atoms with van der Waals surface area (Å²) in [5.41, 5.74) is 0. The molecule has 5 unspecified atom stereocenters. The van der Waals surface area contributed by atoms with Crippen LogP contribution in [0.4, 0.5) is 19.0 Å². The van der Waals surface area contributed by atoms with Crippen LogP contribution in [0.25, 0.3) is 0 Å². The summed E-state index contributed by atoms with van der Waals surface area (Å²) < 4.78 is 45.8. The predicted molar refractivity (Wildman–Crippen MR) is 112 cm³/mol. The molecule has 29 heavy (non-hydrogen) atoms. The maximum atomic E-state index is 15.0. The van der Waals surface area contributed by atoms with Crippen LogP contribution < -0.4 is 4.72 Å². The first kappa shape index (κ1) is 21.3. The Hall–Kier alpha value is -0.960. The minimum absolute atomic E-state index is 0.103. The number of alkyl halides is 1. The molecule has 5 atom stereocenters. The lowest BCUT2D eigenvalue weighted by Gasteiger charge is -2.36. The molecule has 2 fully saturated rings. The van der Waals surface area contributed by atoms with Crippen LogP contribution >= 0.6 is 23.5 Å². The number of hydrogen-bond donors (Lipinski definition) is 1. The summed E-state index contributed by atoms with van der Waals surface area (Å²) in [5.74, 6) is -0.537. The van der Waals surface area contributed by atoms with Crippen molar-refractivity contribution in [3.8, 4) is 0 Å². The van der Waals surface area contributed by atoms with E-state index in [-0.39, 0.29) is 17.3 Å². The van der Waals surface area contributed by atoms with Gasteiger partial charge in [0.1, 0.15) is 23.1 Å². The first-order valence-electron chi connectivity index (χ1n) is 10.1. The van der Waals surface area contributed by atoms with Gasteiger partial charge in [0.05, 0.1) is 11.1 Å². The van der Waals surface area contributed by atoms with Crippen LogP contribution in [0.5, 0.6) is 0 Å². The van der Waals surface area contributed by atoms with Gasteiger partial charge < -0.3 is 9.62 Å². The van der Waals surface area contributed by atoms with Gasteiger partial charge in [0.2, 0.25) is 5.95 Å². The van der Waals surface area contributed by atoms with Crippen molar-refractivity contribution in [3.05, 3.63) is 35.0 Å². The Bertz CT molecular complexity index is 767. The Labute approximate surface area is 179 Å². The van der Waals surface area contributed by atoms with Gasteiger partial charge in [-0.15, -0.1) is 0 Å². The molecule has 0 bridgehead atoms. The highest BCUT2D eigenvalue weighted by molar-refractivity contribution is 8.01. The number of likely N-dealkylation sites (tertiary alicyclic amines) is 2. The summed E-state index contributed by atoms with van der Waals surface area (Å²) in [4.78, 5) is 8.21. The second-order valence-corrected chi connectivity index (χ2v) is 9.54. The minimum atomic E-state index is -1.39. The second kappa shape index (κ2) is 9.04. The van der Waals surface area contributed by atoms with E-state index in [1.54, 1.807) is 6.07 Å². The van der Waals surface area contributed by atoms with E-state index in [0.29, 0.717) is 12.0 Å². The number of halogens is 4. The van der Waals surface area contributed by atoms with Gasteiger partial charge in [-0.2, -0.15) is 4.39 Å². The van der Waals surface area contributed by atoms with E-state index >= 15 is 0 Å². The van der Waals surface area contributed by atoms with E-state index in [1.807, 2.05) is 0 Å². The van der Waals surface area contributed by atoms with Crippen molar-refractivity contribution in [3.63, 3.8) is 0 Å². The molecular weight excluding hydrogens is 421 g/mol. The van der Waals surface area contributed by atoms with Crippen LogP contribution in [-0.2, 0) is 0 Å². The summed E-state index contributed by atoms with van der Waals surface area (Å²) in [7, 11) is 2.16. The Morgan fingerprint density at radius 1 is 1.24 bits per heavy atom. The van der Waals surface area contributed by atoms with Gasteiger partial charge in [0.15, 0.2) is 0 Å². The van der Waals surface area contributed by atoms with Crippen molar-refractivity contribution in [1.29, 1.82) is 0 Å². The van der Waals surface area contributed by atoms with Crippen LogP contribution in [0.3, 0.4) is 0 Å². The fourth-order valence-electron chi connectivity index (χ4n) is 4.86. The molecule has 0 amide bonds. The molecule has 0 spiro atoms. The van der Waals surface area contributed by atoms with E-state index in [0.717, 1.165) is 38.0 Å². The molecule has 160 valence electrons. The first-order valence-corrected chi connectivity index (χ1v) is 11.4. The number of anilines is 1. The molecule has 0 saturated carbocycles. The van der Waals surface area contributed by atoms with Crippen LogP contribution in [0, 0.1) is 11.9 Å². The molecule has 1 aromatic rings. The molecule has 4 nitrogen and oxygen atoms in total. The third-order valence-corrected chi connectivity index (χ3v) is 7.89. The van der Waals surface area contributed by atoms with E-state index in [1.165, 1.54) is 25.0 Å². The van der Waals surface area contributed by atoms with Crippen LogP contribution in [0.1, 0.15) is 25.7 Å². The fourth-order valence-corrected chi connectivity index (χ4v) is 6.12. The molecule has 1 aromatic heterocycles. The van der Waals surface area contributed by atoms with E-state index < -0.39 is 29.2 Å². The summed E-state index contributed by atoms with van der Waals surface area (Å²) in [6.45, 7) is 2.77. The van der Waals surface area contributed by atoms with E-state index in [2.05, 4.69) is 26.6 Å². The zero-order valence-electron chi connectivity index (χ0n) is 16.3. The van der Waals surface area contributed by atoms with Gasteiger partial charge in [-0.05, 0) is 69.4 Å². The number of aromatic nitrogens is 1. The van der Waals surface area contributed by atoms with Crippen molar-refractivity contribution in [2.24, 2.45) is 5.92 Å². The molecule has 3 aliphatic rings. The molecule has 3 heterocycles. The Morgan fingerprint density at radius 2 is 2.07 bits per heavy atom. The van der Waals surface area contributed by atoms with E-state index in [9.17, 15) is 13.2 Å². The lowest BCUT2D eigenvalue weighted by atomic mass is 9.96. The topological polar surface area (TPSA) is 31.4 Å². The predicted octanol–water partition coefficient (Wildman–Crippen LogP) is 4.60. The highest BCUT2D eigenvalue weighted by Gasteiger charge is 2.43. The summed E-state index contributed by atoms with van der Waals surface area (Å²) in [5, 5.41) is -0.964. The Morgan fingerprint density at radius 3 is 2.79 bits per heavy atom. The van der Waals surface area contributed by atoms with Crippen molar-refractivity contribution >= 4 is 29.4 Å². The molecule has 0 radical (unpaired) electrons. The third-order valence-electron chi connectivity index (χ3n) is 6.37. The Balaban J connectivity index is 1.40. The van der Waals surface area contributed by atoms with Crippen LogP contribution in [-0.4, -0.2) is 65.0 Å². The van der Waals surface area contributed by atoms with Gasteiger partial charge in [0.25, 0.3) is 0 Å². The second-order valence-electron chi connectivity index (χ2n) is 8.18. The largest absolute Gasteiger partial charge is 0.314 e. The van der Waals surface area contributed by atoms with Crippen molar-refractivity contribution < 1.29 is 13.2 Å². The maximum absolute atomic E-state index is 15.0. The summed E-state index contributed by atoms with van der Waals surface area (Å²) in [6.07, 6.45) is 2.23.